The fourth-order valence-electron chi connectivity index (χ4n) is 20.4. The molecule has 140 heavy (non-hydrogen) atoms. The Bertz CT molecular complexity index is 8590. The third-order valence-electron chi connectivity index (χ3n) is 27.2. The van der Waals surface area contributed by atoms with Gasteiger partial charge in [-0.1, -0.05) is 388 Å². The molecule has 0 saturated carbocycles. The lowest BCUT2D eigenvalue weighted by molar-refractivity contribution is 1.17. The summed E-state index contributed by atoms with van der Waals surface area (Å²) in [5.41, 5.74) is 35.2. The van der Waals surface area contributed by atoms with E-state index in [4.69, 9.17) is 0 Å². The summed E-state index contributed by atoms with van der Waals surface area (Å²) in [6, 6.07) is 205. The number of aromatic nitrogens is 3. The van der Waals surface area contributed by atoms with Gasteiger partial charge in [-0.2, -0.15) is 0 Å². The van der Waals surface area contributed by atoms with Crippen LogP contribution in [0.5, 0.6) is 0 Å². The Kier molecular flexibility index (Phi) is 22.7. The molecule has 26 aromatic rings. The van der Waals surface area contributed by atoms with Gasteiger partial charge < -0.3 is 28.4 Å². The van der Waals surface area contributed by atoms with Gasteiger partial charge >= 0.3 is 0 Å². The van der Waals surface area contributed by atoms with E-state index in [1.165, 1.54) is 154 Å². The van der Waals surface area contributed by atoms with E-state index in [0.29, 0.717) is 0 Å². The van der Waals surface area contributed by atoms with Gasteiger partial charge in [0, 0.05) is 106 Å². The van der Waals surface area contributed by atoms with Crippen molar-refractivity contribution in [2.24, 2.45) is 0 Å². The van der Waals surface area contributed by atoms with Crippen LogP contribution >= 0.6 is 0 Å². The van der Waals surface area contributed by atoms with E-state index in [-0.39, 0.29) is 0 Å². The van der Waals surface area contributed by atoms with E-state index in [1.54, 1.807) is 0 Å². The summed E-state index contributed by atoms with van der Waals surface area (Å²) in [6.07, 6.45) is 0. The molecule has 0 amide bonds. The molecule has 0 bridgehead atoms. The summed E-state index contributed by atoms with van der Waals surface area (Å²) in [7, 11) is 0. The molecular weight excluding hydrogens is 1690 g/mol. The van der Waals surface area contributed by atoms with Gasteiger partial charge in [-0.15, -0.1) is 0 Å². The van der Waals surface area contributed by atoms with E-state index >= 15 is 0 Å². The first kappa shape index (κ1) is 84.4. The first-order valence-corrected chi connectivity index (χ1v) is 47.9. The second kappa shape index (κ2) is 37.7. The average molecular weight is 1790 g/mol. The monoisotopic (exact) mass is 1790 g/mol. The lowest BCUT2D eigenvalue weighted by Crippen LogP contribution is -2.10. The molecule has 0 fully saturated rings. The molecule has 6 nitrogen and oxygen atoms in total. The third-order valence-corrected chi connectivity index (χ3v) is 27.2. The minimum Gasteiger partial charge on any atom is -0.311 e. The molecule has 0 aliphatic rings. The highest BCUT2D eigenvalue weighted by Gasteiger charge is 2.23. The molecule has 0 radical (unpaired) electrons. The largest absolute Gasteiger partial charge is 0.311 e. The van der Waals surface area contributed by atoms with Gasteiger partial charge in [-0.3, -0.25) is 0 Å². The van der Waals surface area contributed by atoms with Crippen molar-refractivity contribution in [3.8, 4) is 83.8 Å². The quantitative estimate of drug-likeness (QED) is 0.0856. The van der Waals surface area contributed by atoms with Gasteiger partial charge in [-0.25, -0.2) is 0 Å². The maximum atomic E-state index is 2.42. The summed E-state index contributed by atoms with van der Waals surface area (Å²) >= 11 is 0. The number of rotatable bonds is 18. The SMILES string of the molecule is c1ccc(-c2ccc(N(c3ccc(-c4ccc5ccccc5c4)cc3)c3ccc(-n4c5ccccc5c5ccccc54)cc3)cc2)cc1.c1ccc(-c2ccc(N(c3ccc(-c4ccccc4)cc3)c3ccc(-n4c5ccccc5c5ccc6ccccc6c54)cc3)cc2)cc1.c1ccc(-c2ccc(N(c3ccc(-n4c5ccccc5c5ccccc54)cc3)c3cccc(-c4ccccc4)c3)cc2)cc1. The smallest absolute Gasteiger partial charge is 0.0619 e. The number of hydrogen-bond acceptors (Lipinski definition) is 3. The van der Waals surface area contributed by atoms with Crippen molar-refractivity contribution < 1.29 is 0 Å². The zero-order valence-corrected chi connectivity index (χ0v) is 77.0. The summed E-state index contributed by atoms with van der Waals surface area (Å²) < 4.78 is 7.15. The molecule has 0 unspecified atom stereocenters. The number of anilines is 9. The van der Waals surface area contributed by atoms with Crippen molar-refractivity contribution >= 4 is 138 Å². The minimum absolute atomic E-state index is 1.10. The standard InChI is InChI=1S/2C46H32N2.C42H30N2/c1-3-11-33(12-4-1)35-19-24-38(25-20-35)47(39-26-21-36(22-27-39)34-13-5-2-6-14-34)40-28-30-41(31-29-40)48-45-18-10-9-17-43(45)44-32-23-37-15-7-8-16-42(37)46(44)48;1-2-10-33(11-3-1)35-20-24-39(25-21-35)47(40-26-22-36(23-27-40)38-19-18-34-12-4-5-13-37(34)32-38)41-28-30-42(31-29-41)48-45-16-8-6-14-43(45)44-15-7-9-17-46(44)48;1-3-12-31(13-4-1)33-22-24-35(25-23-33)43(38-17-11-16-34(30-38)32-14-5-2-6-15-32)36-26-28-37(29-27-36)44-41-20-9-7-18-39(41)40-19-8-10-21-42(40)44/h2*1-32H;1-30H. The maximum Gasteiger partial charge on any atom is 0.0619 e. The fourth-order valence-corrected chi connectivity index (χ4v) is 20.4. The molecule has 6 heteroatoms. The molecule has 26 rings (SSSR count). The molecule has 3 aromatic heterocycles. The van der Waals surface area contributed by atoms with E-state index in [1.807, 2.05) is 0 Å². The Balaban J connectivity index is 0.000000114. The molecule has 0 spiro atoms. The topological polar surface area (TPSA) is 24.5 Å². The normalized spacial score (nSPS) is 11.3. The molecule has 0 N–H and O–H groups in total. The maximum absolute atomic E-state index is 2.42. The van der Waals surface area contributed by atoms with Gasteiger partial charge in [0.1, 0.15) is 0 Å². The van der Waals surface area contributed by atoms with Crippen molar-refractivity contribution in [2.75, 3.05) is 14.7 Å². The Labute approximate surface area is 814 Å². The van der Waals surface area contributed by atoms with Crippen molar-refractivity contribution in [3.63, 3.8) is 0 Å². The van der Waals surface area contributed by atoms with Crippen LogP contribution in [0.4, 0.5) is 51.2 Å². The number of benzene rings is 23. The number of fused-ring (bicyclic) bond motifs is 12. The Morgan fingerprint density at radius 1 is 0.114 bits per heavy atom. The summed E-state index contributed by atoms with van der Waals surface area (Å²) in [4.78, 5) is 7.03. The summed E-state index contributed by atoms with van der Waals surface area (Å²) in [5.74, 6) is 0. The molecule has 0 aliphatic carbocycles. The van der Waals surface area contributed by atoms with E-state index in [2.05, 4.69) is 599 Å². The van der Waals surface area contributed by atoms with Crippen LogP contribution in [0.3, 0.4) is 0 Å². The first-order chi connectivity index (χ1) is 69.4. The minimum atomic E-state index is 1.10. The molecule has 3 heterocycles. The predicted molar refractivity (Wildman–Crippen MR) is 594 cm³/mol. The van der Waals surface area contributed by atoms with Crippen molar-refractivity contribution in [2.45, 2.75) is 0 Å². The Morgan fingerprint density at radius 3 is 0.686 bits per heavy atom. The highest BCUT2D eigenvalue weighted by molar-refractivity contribution is 6.19. The molecule has 0 atom stereocenters. The van der Waals surface area contributed by atoms with Gasteiger partial charge in [0.05, 0.1) is 33.1 Å². The molecule has 23 aromatic carbocycles. The van der Waals surface area contributed by atoms with Crippen molar-refractivity contribution in [1.82, 2.24) is 13.7 Å². The van der Waals surface area contributed by atoms with Crippen molar-refractivity contribution in [3.05, 3.63) is 570 Å². The molecule has 0 saturated heterocycles. The summed E-state index contributed by atoms with van der Waals surface area (Å²) in [5, 5.41) is 12.6. The van der Waals surface area contributed by atoms with Crippen LogP contribution in [0.25, 0.3) is 171 Å². The molecular formula is C134H94N6. The molecule has 0 aliphatic heterocycles. The van der Waals surface area contributed by atoms with Crippen molar-refractivity contribution in [1.29, 1.82) is 0 Å². The number of nitrogens with zero attached hydrogens (tertiary/aromatic N) is 6. The van der Waals surface area contributed by atoms with Gasteiger partial charge in [-0.05, 0) is 265 Å². The van der Waals surface area contributed by atoms with E-state index in [0.717, 1.165) is 68.2 Å². The van der Waals surface area contributed by atoms with E-state index in [9.17, 15) is 0 Å². The van der Waals surface area contributed by atoms with Crippen LogP contribution in [0, 0.1) is 0 Å². The van der Waals surface area contributed by atoms with Crippen LogP contribution in [0.15, 0.2) is 570 Å². The highest BCUT2D eigenvalue weighted by atomic mass is 15.2. The summed E-state index contributed by atoms with van der Waals surface area (Å²) in [6.45, 7) is 0. The Morgan fingerprint density at radius 2 is 0.336 bits per heavy atom. The zero-order chi connectivity index (χ0) is 93.0. The van der Waals surface area contributed by atoms with Crippen LogP contribution in [-0.4, -0.2) is 13.7 Å². The molecule has 660 valence electrons. The fraction of sp³-hybridized carbons (Fsp3) is 0. The van der Waals surface area contributed by atoms with Gasteiger partial charge in [0.15, 0.2) is 0 Å². The van der Waals surface area contributed by atoms with Crippen LogP contribution in [0.1, 0.15) is 0 Å². The van der Waals surface area contributed by atoms with Gasteiger partial charge in [0.2, 0.25) is 0 Å². The lowest BCUT2D eigenvalue weighted by Gasteiger charge is -2.26. The number of hydrogen-bond donors (Lipinski definition) is 0. The van der Waals surface area contributed by atoms with Crippen LogP contribution in [-0.2, 0) is 0 Å². The number of para-hydroxylation sites is 5. The first-order valence-electron chi connectivity index (χ1n) is 47.9. The van der Waals surface area contributed by atoms with E-state index < -0.39 is 0 Å². The zero-order valence-electron chi connectivity index (χ0n) is 77.0. The predicted octanol–water partition coefficient (Wildman–Crippen LogP) is 37.1. The second-order valence-corrected chi connectivity index (χ2v) is 35.5. The van der Waals surface area contributed by atoms with Gasteiger partial charge in [0.25, 0.3) is 0 Å². The Hall–Kier alpha value is -18.6. The third kappa shape index (κ3) is 16.5. The van der Waals surface area contributed by atoms with Crippen LogP contribution < -0.4 is 14.7 Å². The average Bonchev–Trinajstić information content (AvgIpc) is 1.59. The van der Waals surface area contributed by atoms with Crippen LogP contribution in [0.2, 0.25) is 0 Å². The second-order valence-electron chi connectivity index (χ2n) is 35.5. The highest BCUT2D eigenvalue weighted by Crippen LogP contribution is 2.46. The lowest BCUT2D eigenvalue weighted by atomic mass is 10.0.